The van der Waals surface area contributed by atoms with Crippen molar-refractivity contribution in [2.24, 2.45) is 5.41 Å². The van der Waals surface area contributed by atoms with Crippen LogP contribution in [0.25, 0.3) is 11.4 Å². The van der Waals surface area contributed by atoms with Gasteiger partial charge in [0, 0.05) is 11.0 Å². The zero-order valence-electron chi connectivity index (χ0n) is 15.8. The van der Waals surface area contributed by atoms with Gasteiger partial charge in [0.25, 0.3) is 5.91 Å². The van der Waals surface area contributed by atoms with Crippen LogP contribution in [0.3, 0.4) is 0 Å². The molecule has 0 N–H and O–H groups in total. The van der Waals surface area contributed by atoms with Crippen molar-refractivity contribution < 1.29 is 27.3 Å². The van der Waals surface area contributed by atoms with Gasteiger partial charge >= 0.3 is 12.1 Å². The molecule has 3 rings (SSSR count). The van der Waals surface area contributed by atoms with Crippen LogP contribution in [0.2, 0.25) is 0 Å². The molecule has 2 aromatic rings. The number of aromatic nitrogens is 2. The molecule has 0 unspecified atom stereocenters. The second-order valence-corrected chi connectivity index (χ2v) is 7.21. The number of hydroxylamine groups is 2. The lowest BCUT2D eigenvalue weighted by Crippen LogP contribution is -2.36. The van der Waals surface area contributed by atoms with E-state index >= 15 is 0 Å². The van der Waals surface area contributed by atoms with Crippen molar-refractivity contribution in [1.82, 2.24) is 15.2 Å². The Kier molecular flexibility index (Phi) is 5.74. The van der Waals surface area contributed by atoms with E-state index in [0.717, 1.165) is 31.2 Å². The topological polar surface area (TPSA) is 68.5 Å². The Morgan fingerprint density at radius 3 is 2.50 bits per heavy atom. The van der Waals surface area contributed by atoms with E-state index in [0.29, 0.717) is 12.2 Å². The molecule has 1 aliphatic rings. The van der Waals surface area contributed by atoms with E-state index in [1.807, 2.05) is 13.8 Å². The summed E-state index contributed by atoms with van der Waals surface area (Å²) in [6.45, 7) is 4.68. The van der Waals surface area contributed by atoms with E-state index < -0.39 is 12.1 Å². The maximum Gasteiger partial charge on any atom is 0.471 e. The summed E-state index contributed by atoms with van der Waals surface area (Å²) in [6, 6.07) is 6.59. The molecule has 0 spiro atoms. The maximum absolute atomic E-state index is 12.7. The van der Waals surface area contributed by atoms with Crippen LogP contribution in [0.1, 0.15) is 51.0 Å². The Hall–Kier alpha value is -2.42. The van der Waals surface area contributed by atoms with Crippen molar-refractivity contribution in [2.45, 2.75) is 52.3 Å². The quantitative estimate of drug-likeness (QED) is 0.480. The van der Waals surface area contributed by atoms with Crippen LogP contribution in [-0.4, -0.2) is 27.7 Å². The fourth-order valence-corrected chi connectivity index (χ4v) is 2.58. The first-order chi connectivity index (χ1) is 13.2. The SMILES string of the molecule is CCCCON(Cc1ccc(-c2noc(C(F)(F)F)n2)cc1)C(=O)C1(C)CC1. The van der Waals surface area contributed by atoms with Crippen LogP contribution in [0.5, 0.6) is 0 Å². The molecular weight excluding hydrogens is 375 g/mol. The molecule has 1 aliphatic carbocycles. The predicted molar refractivity (Wildman–Crippen MR) is 93.5 cm³/mol. The molecule has 9 heteroatoms. The molecule has 0 saturated heterocycles. The number of benzene rings is 1. The van der Waals surface area contributed by atoms with E-state index in [-0.39, 0.29) is 23.7 Å². The molecule has 0 aliphatic heterocycles. The summed E-state index contributed by atoms with van der Waals surface area (Å²) >= 11 is 0. The van der Waals surface area contributed by atoms with Crippen LogP contribution >= 0.6 is 0 Å². The zero-order valence-corrected chi connectivity index (χ0v) is 15.8. The monoisotopic (exact) mass is 397 g/mol. The highest BCUT2D eigenvalue weighted by Gasteiger charge is 2.47. The molecule has 0 bridgehead atoms. The summed E-state index contributed by atoms with van der Waals surface area (Å²) in [5, 5.41) is 4.76. The molecule has 1 fully saturated rings. The lowest BCUT2D eigenvalue weighted by molar-refractivity contribution is -0.196. The number of halogens is 3. The summed E-state index contributed by atoms with van der Waals surface area (Å²) < 4.78 is 42.0. The number of rotatable bonds is 8. The van der Waals surface area contributed by atoms with Gasteiger partial charge in [0.2, 0.25) is 5.82 Å². The summed E-state index contributed by atoms with van der Waals surface area (Å²) in [5.41, 5.74) is 0.824. The van der Waals surface area contributed by atoms with E-state index in [1.54, 1.807) is 24.3 Å². The number of carbonyl (C=O) groups excluding carboxylic acids is 1. The number of amides is 1. The van der Waals surface area contributed by atoms with Crippen molar-refractivity contribution in [3.05, 3.63) is 35.7 Å². The van der Waals surface area contributed by atoms with Gasteiger partial charge in [-0.05, 0) is 24.8 Å². The van der Waals surface area contributed by atoms with Gasteiger partial charge in [-0.15, -0.1) is 0 Å². The Balaban J connectivity index is 1.70. The standard InChI is InChI=1S/C19H22F3N3O3/c1-3-4-11-27-25(17(26)18(2)9-10-18)12-13-5-7-14(8-6-13)15-23-16(28-24-15)19(20,21)22/h5-8H,3-4,9-12H2,1-2H3. The normalized spacial score (nSPS) is 15.5. The van der Waals surface area contributed by atoms with Gasteiger partial charge in [0.1, 0.15) is 0 Å². The van der Waals surface area contributed by atoms with E-state index in [4.69, 9.17) is 4.84 Å². The van der Waals surface area contributed by atoms with E-state index in [2.05, 4.69) is 14.7 Å². The Bertz CT molecular complexity index is 814. The first-order valence-electron chi connectivity index (χ1n) is 9.18. The first kappa shape index (κ1) is 20.3. The van der Waals surface area contributed by atoms with Gasteiger partial charge in [-0.2, -0.15) is 18.2 Å². The third kappa shape index (κ3) is 4.70. The van der Waals surface area contributed by atoms with Crippen LogP contribution < -0.4 is 0 Å². The number of hydrogen-bond donors (Lipinski definition) is 0. The highest BCUT2D eigenvalue weighted by Crippen LogP contribution is 2.46. The number of unbranched alkanes of at least 4 members (excludes halogenated alkanes) is 1. The van der Waals surface area contributed by atoms with Crippen LogP contribution in [0, 0.1) is 5.41 Å². The predicted octanol–water partition coefficient (Wildman–Crippen LogP) is 4.62. The van der Waals surface area contributed by atoms with Crippen LogP contribution in [0.4, 0.5) is 13.2 Å². The highest BCUT2D eigenvalue weighted by molar-refractivity contribution is 5.84. The lowest BCUT2D eigenvalue weighted by atomic mass is 10.1. The lowest BCUT2D eigenvalue weighted by Gasteiger charge is -2.25. The van der Waals surface area contributed by atoms with Crippen molar-refractivity contribution in [1.29, 1.82) is 0 Å². The average Bonchev–Trinajstić information content (AvgIpc) is 3.20. The fraction of sp³-hybridized carbons (Fsp3) is 0.526. The summed E-state index contributed by atoms with van der Waals surface area (Å²) in [6.07, 6.45) is -1.19. The minimum Gasteiger partial charge on any atom is -0.329 e. The molecule has 1 heterocycles. The Morgan fingerprint density at radius 1 is 1.29 bits per heavy atom. The van der Waals surface area contributed by atoms with E-state index in [9.17, 15) is 18.0 Å². The summed E-state index contributed by atoms with van der Waals surface area (Å²) in [4.78, 5) is 21.7. The minimum atomic E-state index is -4.68. The number of nitrogens with zero attached hydrogens (tertiary/aromatic N) is 3. The number of hydrogen-bond acceptors (Lipinski definition) is 5. The zero-order chi connectivity index (χ0) is 20.4. The fourth-order valence-electron chi connectivity index (χ4n) is 2.58. The molecule has 152 valence electrons. The summed E-state index contributed by atoms with van der Waals surface area (Å²) in [5.74, 6) is -1.57. The van der Waals surface area contributed by atoms with Crippen LogP contribution in [0.15, 0.2) is 28.8 Å². The molecule has 0 radical (unpaired) electrons. The smallest absolute Gasteiger partial charge is 0.329 e. The van der Waals surface area contributed by atoms with Gasteiger partial charge in [-0.3, -0.25) is 9.63 Å². The molecule has 6 nitrogen and oxygen atoms in total. The van der Waals surface area contributed by atoms with Gasteiger partial charge in [0.05, 0.1) is 13.2 Å². The first-order valence-corrected chi connectivity index (χ1v) is 9.18. The minimum absolute atomic E-state index is 0.0410. The van der Waals surface area contributed by atoms with Gasteiger partial charge in [-0.25, -0.2) is 5.06 Å². The molecule has 1 aromatic carbocycles. The molecular formula is C19H22F3N3O3. The molecule has 1 saturated carbocycles. The summed E-state index contributed by atoms with van der Waals surface area (Å²) in [7, 11) is 0. The van der Waals surface area contributed by atoms with Gasteiger partial charge < -0.3 is 4.52 Å². The highest BCUT2D eigenvalue weighted by atomic mass is 19.4. The number of alkyl halides is 3. The Morgan fingerprint density at radius 2 is 1.96 bits per heavy atom. The van der Waals surface area contributed by atoms with Crippen molar-refractivity contribution in [2.75, 3.05) is 6.61 Å². The van der Waals surface area contributed by atoms with Crippen LogP contribution in [-0.2, 0) is 22.4 Å². The Labute approximate surface area is 160 Å². The van der Waals surface area contributed by atoms with Crippen molar-refractivity contribution >= 4 is 5.91 Å². The second kappa shape index (κ2) is 7.90. The third-order valence-electron chi connectivity index (χ3n) is 4.69. The second-order valence-electron chi connectivity index (χ2n) is 7.21. The molecule has 0 atom stereocenters. The molecule has 1 amide bonds. The maximum atomic E-state index is 12.7. The molecule has 28 heavy (non-hydrogen) atoms. The van der Waals surface area contributed by atoms with Gasteiger partial charge in [0.15, 0.2) is 0 Å². The van der Waals surface area contributed by atoms with E-state index in [1.165, 1.54) is 5.06 Å². The van der Waals surface area contributed by atoms with Crippen molar-refractivity contribution in [3.63, 3.8) is 0 Å². The van der Waals surface area contributed by atoms with Crippen molar-refractivity contribution in [3.8, 4) is 11.4 Å². The van der Waals surface area contributed by atoms with Gasteiger partial charge in [-0.1, -0.05) is 49.7 Å². The molecule has 1 aromatic heterocycles. The third-order valence-corrected chi connectivity index (χ3v) is 4.69. The number of carbonyl (C=O) groups is 1. The largest absolute Gasteiger partial charge is 0.471 e. The average molecular weight is 397 g/mol.